The fourth-order valence-electron chi connectivity index (χ4n) is 4.14. The van der Waals surface area contributed by atoms with E-state index in [1.807, 2.05) is 21.9 Å². The monoisotopic (exact) mass is 331 g/mol. The number of hydrogen-bond acceptors (Lipinski definition) is 4. The van der Waals surface area contributed by atoms with Crippen molar-refractivity contribution in [3.05, 3.63) is 24.5 Å². The maximum atomic E-state index is 12.4. The van der Waals surface area contributed by atoms with Crippen molar-refractivity contribution in [3.63, 3.8) is 0 Å². The Kier molecular flexibility index (Phi) is 4.31. The molecule has 6 nitrogen and oxygen atoms in total. The Balaban J connectivity index is 1.27. The summed E-state index contributed by atoms with van der Waals surface area (Å²) >= 11 is 0. The highest BCUT2D eigenvalue weighted by atomic mass is 16.5. The van der Waals surface area contributed by atoms with Gasteiger partial charge >= 0.3 is 6.03 Å². The largest absolute Gasteiger partial charge is 0.492 e. The zero-order valence-electron chi connectivity index (χ0n) is 14.0. The van der Waals surface area contributed by atoms with Crippen molar-refractivity contribution < 1.29 is 14.3 Å². The molecule has 0 aliphatic carbocycles. The first-order valence-corrected chi connectivity index (χ1v) is 8.97. The summed E-state index contributed by atoms with van der Waals surface area (Å²) in [5, 5.41) is 0. The van der Waals surface area contributed by atoms with Crippen molar-refractivity contribution in [2.24, 2.45) is 5.92 Å². The van der Waals surface area contributed by atoms with Gasteiger partial charge in [0, 0.05) is 25.9 Å². The minimum atomic E-state index is -0.131. The smallest absolute Gasteiger partial charge is 0.320 e. The second kappa shape index (κ2) is 6.59. The second-order valence-electron chi connectivity index (χ2n) is 7.06. The third-order valence-electron chi connectivity index (χ3n) is 5.53. The molecule has 24 heavy (non-hydrogen) atoms. The molecule has 0 saturated carbocycles. The van der Waals surface area contributed by atoms with Gasteiger partial charge in [-0.2, -0.15) is 0 Å². The van der Waals surface area contributed by atoms with Crippen molar-refractivity contribution in [3.8, 4) is 5.75 Å². The zero-order chi connectivity index (χ0) is 16.4. The van der Waals surface area contributed by atoms with Gasteiger partial charge in [-0.05, 0) is 43.7 Å². The Morgan fingerprint density at radius 2 is 2.17 bits per heavy atom. The molecule has 2 amide bonds. The van der Waals surface area contributed by atoms with Gasteiger partial charge in [-0.3, -0.25) is 4.98 Å². The minimum Gasteiger partial charge on any atom is -0.492 e. The summed E-state index contributed by atoms with van der Waals surface area (Å²) < 4.78 is 11.8. The van der Waals surface area contributed by atoms with E-state index in [9.17, 15) is 4.79 Å². The van der Waals surface area contributed by atoms with Crippen molar-refractivity contribution in [1.82, 2.24) is 14.8 Å². The van der Waals surface area contributed by atoms with Crippen LogP contribution in [0.15, 0.2) is 24.5 Å². The van der Waals surface area contributed by atoms with Gasteiger partial charge in [0.1, 0.15) is 11.4 Å². The van der Waals surface area contributed by atoms with Crippen LogP contribution in [-0.2, 0) is 4.74 Å². The van der Waals surface area contributed by atoms with Gasteiger partial charge in [-0.1, -0.05) is 0 Å². The summed E-state index contributed by atoms with van der Waals surface area (Å²) in [7, 11) is 0. The molecule has 4 rings (SSSR count). The quantitative estimate of drug-likeness (QED) is 0.848. The Morgan fingerprint density at radius 3 is 2.92 bits per heavy atom. The van der Waals surface area contributed by atoms with Crippen LogP contribution in [0.2, 0.25) is 0 Å². The van der Waals surface area contributed by atoms with Crippen molar-refractivity contribution in [2.75, 3.05) is 39.4 Å². The number of urea groups is 1. The van der Waals surface area contributed by atoms with E-state index in [1.54, 1.807) is 12.4 Å². The van der Waals surface area contributed by atoms with Crippen LogP contribution in [0.1, 0.15) is 25.7 Å². The van der Waals surface area contributed by atoms with Crippen LogP contribution in [0, 0.1) is 5.92 Å². The lowest BCUT2D eigenvalue weighted by molar-refractivity contribution is -0.119. The van der Waals surface area contributed by atoms with Gasteiger partial charge in [0.25, 0.3) is 0 Å². The topological polar surface area (TPSA) is 54.9 Å². The molecule has 3 aliphatic heterocycles. The summed E-state index contributed by atoms with van der Waals surface area (Å²) in [5.74, 6) is 1.28. The number of hydrogen-bond donors (Lipinski definition) is 0. The van der Waals surface area contributed by atoms with Crippen LogP contribution >= 0.6 is 0 Å². The molecule has 1 aromatic rings. The number of nitrogens with zero attached hydrogens (tertiary/aromatic N) is 3. The molecule has 6 heteroatoms. The minimum absolute atomic E-state index is 0.131. The molecule has 0 aromatic carbocycles. The van der Waals surface area contributed by atoms with E-state index in [0.717, 1.165) is 64.2 Å². The first-order valence-electron chi connectivity index (χ1n) is 8.97. The maximum absolute atomic E-state index is 12.4. The molecular formula is C18H25N3O3. The molecule has 1 atom stereocenters. The fourth-order valence-corrected chi connectivity index (χ4v) is 4.14. The van der Waals surface area contributed by atoms with Crippen LogP contribution in [0.4, 0.5) is 4.79 Å². The number of rotatable bonds is 4. The molecule has 4 heterocycles. The van der Waals surface area contributed by atoms with Gasteiger partial charge in [-0.25, -0.2) is 4.79 Å². The highest BCUT2D eigenvalue weighted by Gasteiger charge is 2.54. The first-order chi connectivity index (χ1) is 11.8. The standard InChI is InChI=1S/C18H25N3O3/c22-17(20-8-1-2-9-20)21-13-18(14-21)15(6-11-24-18)5-10-23-16-4-3-7-19-12-16/h3-4,7,12,15H,1-2,5-6,8-11,13-14H2. The van der Waals surface area contributed by atoms with E-state index in [2.05, 4.69) is 4.98 Å². The van der Waals surface area contributed by atoms with Crippen LogP contribution in [0.25, 0.3) is 0 Å². The molecular weight excluding hydrogens is 306 g/mol. The van der Waals surface area contributed by atoms with Gasteiger partial charge in [0.2, 0.25) is 0 Å². The summed E-state index contributed by atoms with van der Waals surface area (Å²) in [6.07, 6.45) is 7.77. The lowest BCUT2D eigenvalue weighted by Crippen LogP contribution is -2.67. The number of likely N-dealkylation sites (tertiary alicyclic amines) is 2. The van der Waals surface area contributed by atoms with E-state index in [0.29, 0.717) is 12.5 Å². The number of carbonyl (C=O) groups is 1. The van der Waals surface area contributed by atoms with E-state index in [-0.39, 0.29) is 11.6 Å². The summed E-state index contributed by atoms with van der Waals surface area (Å²) in [5.41, 5.74) is -0.131. The lowest BCUT2D eigenvalue weighted by atomic mass is 9.79. The van der Waals surface area contributed by atoms with Crippen LogP contribution in [0.3, 0.4) is 0 Å². The maximum Gasteiger partial charge on any atom is 0.320 e. The number of ether oxygens (including phenoxy) is 2. The fraction of sp³-hybridized carbons (Fsp3) is 0.667. The first kappa shape index (κ1) is 15.7. The number of pyridine rings is 1. The van der Waals surface area contributed by atoms with Crippen molar-refractivity contribution >= 4 is 6.03 Å². The molecule has 1 spiro atoms. The van der Waals surface area contributed by atoms with Gasteiger partial charge in [0.05, 0.1) is 25.9 Å². The Bertz CT molecular complexity index is 568. The predicted octanol–water partition coefficient (Wildman–Crippen LogP) is 2.16. The predicted molar refractivity (Wildman–Crippen MR) is 88.9 cm³/mol. The number of amides is 2. The zero-order valence-corrected chi connectivity index (χ0v) is 14.0. The molecule has 3 saturated heterocycles. The molecule has 0 bridgehead atoms. The number of aromatic nitrogens is 1. The molecule has 3 aliphatic rings. The second-order valence-corrected chi connectivity index (χ2v) is 7.06. The Labute approximate surface area is 142 Å². The Hall–Kier alpha value is -1.82. The van der Waals surface area contributed by atoms with Gasteiger partial charge < -0.3 is 19.3 Å². The van der Waals surface area contributed by atoms with Gasteiger partial charge in [0.15, 0.2) is 0 Å². The van der Waals surface area contributed by atoms with Crippen molar-refractivity contribution in [2.45, 2.75) is 31.3 Å². The van der Waals surface area contributed by atoms with E-state index in [4.69, 9.17) is 9.47 Å². The normalized spacial score (nSPS) is 25.1. The molecule has 0 N–H and O–H groups in total. The molecule has 0 radical (unpaired) electrons. The molecule has 130 valence electrons. The molecule has 1 unspecified atom stereocenters. The number of carbonyl (C=O) groups excluding carboxylic acids is 1. The molecule has 1 aromatic heterocycles. The van der Waals surface area contributed by atoms with E-state index >= 15 is 0 Å². The van der Waals surface area contributed by atoms with Crippen molar-refractivity contribution in [1.29, 1.82) is 0 Å². The van der Waals surface area contributed by atoms with E-state index in [1.165, 1.54) is 0 Å². The van der Waals surface area contributed by atoms with Crippen LogP contribution in [0.5, 0.6) is 5.75 Å². The summed E-state index contributed by atoms with van der Waals surface area (Å²) in [6, 6.07) is 4.00. The average Bonchev–Trinajstić information content (AvgIpc) is 3.24. The Morgan fingerprint density at radius 1 is 1.33 bits per heavy atom. The molecule has 3 fully saturated rings. The average molecular weight is 331 g/mol. The van der Waals surface area contributed by atoms with E-state index < -0.39 is 0 Å². The third-order valence-corrected chi connectivity index (χ3v) is 5.53. The highest BCUT2D eigenvalue weighted by Crippen LogP contribution is 2.42. The van der Waals surface area contributed by atoms with Crippen LogP contribution < -0.4 is 4.74 Å². The highest BCUT2D eigenvalue weighted by molar-refractivity contribution is 5.76. The van der Waals surface area contributed by atoms with Gasteiger partial charge in [-0.15, -0.1) is 0 Å². The summed E-state index contributed by atoms with van der Waals surface area (Å²) in [6.45, 7) is 4.75. The lowest BCUT2D eigenvalue weighted by Gasteiger charge is -2.51. The van der Waals surface area contributed by atoms with Crippen LogP contribution in [-0.4, -0.2) is 65.8 Å². The summed E-state index contributed by atoms with van der Waals surface area (Å²) in [4.78, 5) is 20.4. The SMILES string of the molecule is O=C(N1CCCC1)N1CC2(C1)OCCC2CCOc1cccnc1. The third kappa shape index (κ3) is 2.95.